The number of urea groups is 1. The lowest BCUT2D eigenvalue weighted by Gasteiger charge is -2.30. The number of benzene rings is 1. The van der Waals surface area contributed by atoms with Crippen molar-refractivity contribution < 1.29 is 14.7 Å². The Labute approximate surface area is 135 Å². The smallest absolute Gasteiger partial charge is 0.317 e. The van der Waals surface area contributed by atoms with E-state index in [1.807, 2.05) is 29.2 Å². The number of nitrogens with one attached hydrogen (secondary N) is 1. The SMILES string of the molecule is O=C(O)CCNC(=O)N1CCCCCC1c1ccc(Cl)cc1. The third kappa shape index (κ3) is 4.63. The maximum Gasteiger partial charge on any atom is 0.317 e. The Bertz CT molecular complexity index is 519. The molecular formula is C16H21ClN2O3. The highest BCUT2D eigenvalue weighted by molar-refractivity contribution is 6.30. The van der Waals surface area contributed by atoms with Gasteiger partial charge in [-0.15, -0.1) is 0 Å². The molecule has 0 radical (unpaired) electrons. The first-order valence-corrected chi connectivity index (χ1v) is 7.97. The van der Waals surface area contributed by atoms with Gasteiger partial charge in [-0.25, -0.2) is 4.79 Å². The van der Waals surface area contributed by atoms with E-state index in [-0.39, 0.29) is 25.0 Å². The fourth-order valence-corrected chi connectivity index (χ4v) is 2.89. The van der Waals surface area contributed by atoms with E-state index in [9.17, 15) is 9.59 Å². The average Bonchev–Trinajstić information content (AvgIpc) is 2.73. The van der Waals surface area contributed by atoms with Crippen molar-refractivity contribution in [3.8, 4) is 0 Å². The Morgan fingerprint density at radius 1 is 1.23 bits per heavy atom. The molecule has 0 aromatic heterocycles. The largest absolute Gasteiger partial charge is 0.481 e. The average molecular weight is 325 g/mol. The van der Waals surface area contributed by atoms with Gasteiger partial charge in [-0.05, 0) is 30.5 Å². The van der Waals surface area contributed by atoms with E-state index in [0.29, 0.717) is 11.6 Å². The van der Waals surface area contributed by atoms with Crippen molar-refractivity contribution in [1.82, 2.24) is 10.2 Å². The lowest BCUT2D eigenvalue weighted by atomic mass is 10.0. The van der Waals surface area contributed by atoms with Gasteiger partial charge in [0.15, 0.2) is 0 Å². The molecule has 0 spiro atoms. The molecule has 1 aliphatic rings. The van der Waals surface area contributed by atoms with E-state index in [0.717, 1.165) is 31.2 Å². The van der Waals surface area contributed by atoms with Crippen molar-refractivity contribution >= 4 is 23.6 Å². The molecule has 5 nitrogen and oxygen atoms in total. The molecule has 1 unspecified atom stereocenters. The van der Waals surface area contributed by atoms with Gasteiger partial charge in [0.05, 0.1) is 12.5 Å². The summed E-state index contributed by atoms with van der Waals surface area (Å²) in [5.74, 6) is -0.912. The summed E-state index contributed by atoms with van der Waals surface area (Å²) in [6, 6.07) is 7.41. The Hall–Kier alpha value is -1.75. The fourth-order valence-electron chi connectivity index (χ4n) is 2.76. The maximum absolute atomic E-state index is 12.4. The summed E-state index contributed by atoms with van der Waals surface area (Å²) < 4.78 is 0. The Morgan fingerprint density at radius 3 is 2.64 bits per heavy atom. The number of rotatable bonds is 4. The zero-order valence-electron chi connectivity index (χ0n) is 12.4. The van der Waals surface area contributed by atoms with Crippen molar-refractivity contribution in [3.63, 3.8) is 0 Å². The van der Waals surface area contributed by atoms with Crippen LogP contribution in [-0.4, -0.2) is 35.1 Å². The second-order valence-corrected chi connectivity index (χ2v) is 5.92. The van der Waals surface area contributed by atoms with Gasteiger partial charge in [0.1, 0.15) is 0 Å². The third-order valence-corrected chi connectivity index (χ3v) is 4.14. The summed E-state index contributed by atoms with van der Waals surface area (Å²) in [5.41, 5.74) is 1.07. The molecule has 0 bridgehead atoms. The quantitative estimate of drug-likeness (QED) is 0.891. The highest BCUT2D eigenvalue weighted by Gasteiger charge is 2.26. The van der Waals surface area contributed by atoms with Crippen molar-refractivity contribution in [1.29, 1.82) is 0 Å². The summed E-state index contributed by atoms with van der Waals surface area (Å²) >= 11 is 5.93. The Kier molecular flexibility index (Phi) is 6.07. The van der Waals surface area contributed by atoms with E-state index < -0.39 is 5.97 Å². The number of carbonyl (C=O) groups excluding carboxylic acids is 1. The molecule has 22 heavy (non-hydrogen) atoms. The first-order chi connectivity index (χ1) is 10.6. The monoisotopic (exact) mass is 324 g/mol. The number of carboxylic acids is 1. The second kappa shape index (κ2) is 8.03. The van der Waals surface area contributed by atoms with Gasteiger partial charge in [-0.3, -0.25) is 4.79 Å². The molecule has 1 atom stereocenters. The van der Waals surface area contributed by atoms with Gasteiger partial charge in [-0.2, -0.15) is 0 Å². The first kappa shape index (κ1) is 16.6. The molecule has 1 aromatic rings. The van der Waals surface area contributed by atoms with Gasteiger partial charge >= 0.3 is 12.0 Å². The van der Waals surface area contributed by atoms with Crippen LogP contribution in [0.25, 0.3) is 0 Å². The number of likely N-dealkylation sites (tertiary alicyclic amines) is 1. The van der Waals surface area contributed by atoms with Crippen LogP contribution in [0.1, 0.15) is 43.7 Å². The van der Waals surface area contributed by atoms with Gasteiger partial charge < -0.3 is 15.3 Å². The molecule has 2 amide bonds. The molecule has 0 aliphatic carbocycles. The minimum Gasteiger partial charge on any atom is -0.481 e. The van der Waals surface area contributed by atoms with E-state index in [1.165, 1.54) is 0 Å². The van der Waals surface area contributed by atoms with E-state index in [4.69, 9.17) is 16.7 Å². The Morgan fingerprint density at radius 2 is 1.95 bits per heavy atom. The molecule has 1 saturated heterocycles. The van der Waals surface area contributed by atoms with Crippen LogP contribution in [0.5, 0.6) is 0 Å². The third-order valence-electron chi connectivity index (χ3n) is 3.88. The molecule has 1 heterocycles. The van der Waals surface area contributed by atoms with E-state index >= 15 is 0 Å². The normalized spacial score (nSPS) is 18.6. The number of carbonyl (C=O) groups is 2. The standard InChI is InChI=1S/C16H21ClN2O3/c17-13-7-5-12(6-8-13)14-4-2-1-3-11-19(14)16(22)18-10-9-15(20)21/h5-8,14H,1-4,9-11H2,(H,18,22)(H,20,21). The molecule has 2 N–H and O–H groups in total. The number of aliphatic carboxylic acids is 1. The molecule has 1 aromatic carbocycles. The van der Waals surface area contributed by atoms with Gasteiger partial charge in [0.25, 0.3) is 0 Å². The zero-order valence-corrected chi connectivity index (χ0v) is 13.2. The summed E-state index contributed by atoms with van der Waals surface area (Å²) in [7, 11) is 0. The minimum absolute atomic E-state index is 0.0181. The maximum atomic E-state index is 12.4. The predicted octanol–water partition coefficient (Wildman–Crippen LogP) is 3.44. The fraction of sp³-hybridized carbons (Fsp3) is 0.500. The van der Waals surface area contributed by atoms with Crippen molar-refractivity contribution in [3.05, 3.63) is 34.9 Å². The van der Waals surface area contributed by atoms with Crippen LogP contribution in [0.4, 0.5) is 4.79 Å². The topological polar surface area (TPSA) is 69.6 Å². The van der Waals surface area contributed by atoms with E-state index in [1.54, 1.807) is 0 Å². The lowest BCUT2D eigenvalue weighted by molar-refractivity contribution is -0.136. The van der Waals surface area contributed by atoms with Crippen LogP contribution in [0.2, 0.25) is 5.02 Å². The molecule has 2 rings (SSSR count). The van der Waals surface area contributed by atoms with Gasteiger partial charge in [0, 0.05) is 18.1 Å². The molecule has 0 saturated carbocycles. The minimum atomic E-state index is -0.912. The second-order valence-electron chi connectivity index (χ2n) is 5.49. The number of hydrogen-bond acceptors (Lipinski definition) is 2. The molecule has 120 valence electrons. The van der Waals surface area contributed by atoms with Crippen LogP contribution >= 0.6 is 11.6 Å². The predicted molar refractivity (Wildman–Crippen MR) is 85.0 cm³/mol. The molecule has 1 aliphatic heterocycles. The number of nitrogens with zero attached hydrogens (tertiary/aromatic N) is 1. The van der Waals surface area contributed by atoms with E-state index in [2.05, 4.69) is 5.32 Å². The highest BCUT2D eigenvalue weighted by atomic mass is 35.5. The summed E-state index contributed by atoms with van der Waals surface area (Å²) in [6.45, 7) is 0.838. The van der Waals surface area contributed by atoms with Crippen LogP contribution in [0, 0.1) is 0 Å². The number of hydrogen-bond donors (Lipinski definition) is 2. The number of carboxylic acid groups (broad SMARTS) is 1. The van der Waals surface area contributed by atoms with Crippen molar-refractivity contribution in [2.24, 2.45) is 0 Å². The van der Waals surface area contributed by atoms with Crippen LogP contribution < -0.4 is 5.32 Å². The molecule has 1 fully saturated rings. The zero-order chi connectivity index (χ0) is 15.9. The molecule has 6 heteroatoms. The van der Waals surface area contributed by atoms with Gasteiger partial charge in [0.2, 0.25) is 0 Å². The lowest BCUT2D eigenvalue weighted by Crippen LogP contribution is -2.42. The number of amides is 2. The highest BCUT2D eigenvalue weighted by Crippen LogP contribution is 2.30. The van der Waals surface area contributed by atoms with Crippen LogP contribution in [-0.2, 0) is 4.79 Å². The summed E-state index contributed by atoms with van der Waals surface area (Å²) in [6.07, 6.45) is 3.99. The first-order valence-electron chi connectivity index (χ1n) is 7.59. The summed E-state index contributed by atoms with van der Waals surface area (Å²) in [4.78, 5) is 24.7. The number of halogens is 1. The van der Waals surface area contributed by atoms with Crippen LogP contribution in [0.15, 0.2) is 24.3 Å². The molecular weight excluding hydrogens is 304 g/mol. The van der Waals surface area contributed by atoms with Gasteiger partial charge in [-0.1, -0.05) is 36.6 Å². The summed E-state index contributed by atoms with van der Waals surface area (Å²) in [5, 5.41) is 12.0. The van der Waals surface area contributed by atoms with Crippen molar-refractivity contribution in [2.45, 2.75) is 38.1 Å². The van der Waals surface area contributed by atoms with Crippen molar-refractivity contribution in [2.75, 3.05) is 13.1 Å². The van der Waals surface area contributed by atoms with Crippen LogP contribution in [0.3, 0.4) is 0 Å². The Balaban J connectivity index is 2.08.